The average molecular weight is 309 g/mol. The van der Waals surface area contributed by atoms with Gasteiger partial charge < -0.3 is 9.30 Å². The number of aromatic nitrogens is 2. The van der Waals surface area contributed by atoms with Crippen molar-refractivity contribution in [2.45, 2.75) is 19.9 Å². The van der Waals surface area contributed by atoms with Gasteiger partial charge in [-0.15, -0.1) is 0 Å². The van der Waals surface area contributed by atoms with Crippen molar-refractivity contribution in [3.63, 3.8) is 0 Å². The summed E-state index contributed by atoms with van der Waals surface area (Å²) in [6.45, 7) is 3.87. The number of nitrogens with zero attached hydrogens (tertiary/aromatic N) is 2. The third-order valence-electron chi connectivity index (χ3n) is 2.40. The van der Waals surface area contributed by atoms with Crippen molar-refractivity contribution in [2.75, 3.05) is 0 Å². The lowest BCUT2D eigenvalue weighted by Gasteiger charge is -2.11. The molecule has 1 aromatic heterocycles. The number of hydrogen-bond acceptors (Lipinski definition) is 3. The Hall–Kier alpha value is -1.62. The number of hydrogen-bond donors (Lipinski definition) is 0. The molecule has 1 heterocycles. The van der Waals surface area contributed by atoms with E-state index in [-0.39, 0.29) is 17.5 Å². The van der Waals surface area contributed by atoms with Crippen LogP contribution in [-0.2, 0) is 0 Å². The lowest BCUT2D eigenvalue weighted by molar-refractivity contribution is 0.437. The second kappa shape index (κ2) is 5.35. The van der Waals surface area contributed by atoms with Crippen LogP contribution in [0.1, 0.15) is 19.9 Å². The van der Waals surface area contributed by atoms with Crippen molar-refractivity contribution >= 4 is 15.9 Å². The van der Waals surface area contributed by atoms with Crippen LogP contribution in [0.5, 0.6) is 11.6 Å². The van der Waals surface area contributed by atoms with Gasteiger partial charge in [0.2, 0.25) is 0 Å². The summed E-state index contributed by atoms with van der Waals surface area (Å²) in [5, 5.41) is 0. The Labute approximate surface area is 113 Å². The van der Waals surface area contributed by atoms with Crippen molar-refractivity contribution in [3.8, 4) is 11.6 Å². The highest BCUT2D eigenvalue weighted by atomic mass is 79.9. The molecule has 94 valence electrons. The molecule has 2 aromatic rings. The van der Waals surface area contributed by atoms with Gasteiger partial charge in [-0.25, -0.2) is 4.98 Å². The zero-order valence-electron chi connectivity index (χ0n) is 10.1. The molecule has 5 heteroatoms. The summed E-state index contributed by atoms with van der Waals surface area (Å²) in [6, 6.07) is 7.36. The van der Waals surface area contributed by atoms with Crippen molar-refractivity contribution in [1.82, 2.24) is 9.55 Å². The van der Waals surface area contributed by atoms with Gasteiger partial charge in [-0.3, -0.25) is 4.79 Å². The molecule has 0 spiro atoms. The Bertz CT molecular complexity index is 608. The molecule has 0 fully saturated rings. The van der Waals surface area contributed by atoms with Gasteiger partial charge in [0.25, 0.3) is 5.88 Å². The van der Waals surface area contributed by atoms with Gasteiger partial charge in [-0.05, 0) is 32.0 Å². The van der Waals surface area contributed by atoms with E-state index in [1.165, 1.54) is 0 Å². The normalized spacial score (nSPS) is 10.7. The molecular formula is C13H13BrN2O2. The molecule has 0 aliphatic carbocycles. The van der Waals surface area contributed by atoms with Crippen LogP contribution in [0.4, 0.5) is 0 Å². The van der Waals surface area contributed by atoms with E-state index in [1.807, 2.05) is 26.0 Å². The molecule has 0 amide bonds. The molecule has 0 aliphatic heterocycles. The summed E-state index contributed by atoms with van der Waals surface area (Å²) in [6.07, 6.45) is 3.22. The van der Waals surface area contributed by atoms with E-state index in [9.17, 15) is 4.79 Å². The predicted octanol–water partition coefficient (Wildman–Crippen LogP) is 3.38. The van der Waals surface area contributed by atoms with E-state index in [4.69, 9.17) is 4.74 Å². The van der Waals surface area contributed by atoms with Crippen molar-refractivity contribution < 1.29 is 4.74 Å². The van der Waals surface area contributed by atoms with Gasteiger partial charge in [0.15, 0.2) is 0 Å². The van der Waals surface area contributed by atoms with E-state index < -0.39 is 0 Å². The Morgan fingerprint density at radius 1 is 1.39 bits per heavy atom. The standard InChI is InChI=1S/C13H13BrN2O2/c1-9(2)16-7-6-15-12(13(16)17)18-11-5-3-4-10(14)8-11/h3-9H,1-2H3. The lowest BCUT2D eigenvalue weighted by atomic mass is 10.3. The van der Waals surface area contributed by atoms with Crippen molar-refractivity contribution in [3.05, 3.63) is 51.5 Å². The molecule has 2 rings (SSSR count). The van der Waals surface area contributed by atoms with Crippen molar-refractivity contribution in [1.29, 1.82) is 0 Å². The zero-order valence-corrected chi connectivity index (χ0v) is 11.7. The molecule has 1 aromatic carbocycles. The second-order valence-electron chi connectivity index (χ2n) is 4.10. The quantitative estimate of drug-likeness (QED) is 0.873. The fourth-order valence-electron chi connectivity index (χ4n) is 1.52. The van der Waals surface area contributed by atoms with Gasteiger partial charge in [0.1, 0.15) is 5.75 Å². The van der Waals surface area contributed by atoms with Gasteiger partial charge in [0.05, 0.1) is 0 Å². The monoisotopic (exact) mass is 308 g/mol. The van der Waals surface area contributed by atoms with Crippen LogP contribution in [0.25, 0.3) is 0 Å². The maximum absolute atomic E-state index is 12.1. The number of ether oxygens (including phenoxy) is 1. The SMILES string of the molecule is CC(C)n1ccnc(Oc2cccc(Br)c2)c1=O. The third kappa shape index (κ3) is 2.79. The minimum Gasteiger partial charge on any atom is -0.435 e. The van der Waals surface area contributed by atoms with Crippen LogP contribution in [0, 0.1) is 0 Å². The Balaban J connectivity index is 2.36. The highest BCUT2D eigenvalue weighted by Gasteiger charge is 2.09. The molecule has 0 N–H and O–H groups in total. The summed E-state index contributed by atoms with van der Waals surface area (Å²) in [7, 11) is 0. The van der Waals surface area contributed by atoms with E-state index >= 15 is 0 Å². The largest absolute Gasteiger partial charge is 0.435 e. The topological polar surface area (TPSA) is 44.1 Å². The molecule has 0 bridgehead atoms. The van der Waals surface area contributed by atoms with Crippen LogP contribution in [0.15, 0.2) is 45.9 Å². The van der Waals surface area contributed by atoms with E-state index in [1.54, 1.807) is 29.1 Å². The van der Waals surface area contributed by atoms with Crippen LogP contribution >= 0.6 is 15.9 Å². The molecule has 4 nitrogen and oxygen atoms in total. The third-order valence-corrected chi connectivity index (χ3v) is 2.90. The summed E-state index contributed by atoms with van der Waals surface area (Å²) >= 11 is 3.35. The molecule has 0 saturated carbocycles. The summed E-state index contributed by atoms with van der Waals surface area (Å²) in [4.78, 5) is 16.0. The molecule has 0 radical (unpaired) electrons. The zero-order chi connectivity index (χ0) is 13.1. The van der Waals surface area contributed by atoms with E-state index in [2.05, 4.69) is 20.9 Å². The van der Waals surface area contributed by atoms with E-state index in [0.29, 0.717) is 5.75 Å². The van der Waals surface area contributed by atoms with Gasteiger partial charge in [-0.2, -0.15) is 0 Å². The minimum atomic E-state index is -0.229. The highest BCUT2D eigenvalue weighted by molar-refractivity contribution is 9.10. The van der Waals surface area contributed by atoms with E-state index in [0.717, 1.165) is 4.47 Å². The van der Waals surface area contributed by atoms with Crippen LogP contribution in [-0.4, -0.2) is 9.55 Å². The fraction of sp³-hybridized carbons (Fsp3) is 0.231. The van der Waals surface area contributed by atoms with Crippen LogP contribution in [0.2, 0.25) is 0 Å². The maximum atomic E-state index is 12.1. The van der Waals surface area contributed by atoms with Gasteiger partial charge in [-0.1, -0.05) is 22.0 Å². The Kier molecular flexibility index (Phi) is 3.81. The first-order chi connectivity index (χ1) is 8.58. The molecule has 0 saturated heterocycles. The van der Waals surface area contributed by atoms with Crippen LogP contribution < -0.4 is 10.3 Å². The minimum absolute atomic E-state index is 0.0744. The smallest absolute Gasteiger partial charge is 0.313 e. The number of halogens is 1. The molecule has 0 atom stereocenters. The predicted molar refractivity (Wildman–Crippen MR) is 73.1 cm³/mol. The lowest BCUT2D eigenvalue weighted by Crippen LogP contribution is -2.23. The van der Waals surface area contributed by atoms with Crippen LogP contribution in [0.3, 0.4) is 0 Å². The summed E-state index contributed by atoms with van der Waals surface area (Å²) < 4.78 is 7.98. The molecular weight excluding hydrogens is 296 g/mol. The maximum Gasteiger partial charge on any atom is 0.313 e. The average Bonchev–Trinajstić information content (AvgIpc) is 2.31. The van der Waals surface area contributed by atoms with Gasteiger partial charge in [0, 0.05) is 22.9 Å². The second-order valence-corrected chi connectivity index (χ2v) is 5.01. The fourth-order valence-corrected chi connectivity index (χ4v) is 1.90. The summed E-state index contributed by atoms with van der Waals surface area (Å²) in [5.74, 6) is 0.666. The van der Waals surface area contributed by atoms with Gasteiger partial charge >= 0.3 is 5.56 Å². The highest BCUT2D eigenvalue weighted by Crippen LogP contribution is 2.21. The van der Waals surface area contributed by atoms with Crippen molar-refractivity contribution in [2.24, 2.45) is 0 Å². The first-order valence-electron chi connectivity index (χ1n) is 5.58. The molecule has 0 aliphatic rings. The number of benzene rings is 1. The molecule has 18 heavy (non-hydrogen) atoms. The first-order valence-corrected chi connectivity index (χ1v) is 6.38. The Morgan fingerprint density at radius 3 is 2.83 bits per heavy atom. The summed E-state index contributed by atoms with van der Waals surface area (Å²) in [5.41, 5.74) is -0.229. The first kappa shape index (κ1) is 12.8. The molecule has 0 unspecified atom stereocenters. The Morgan fingerprint density at radius 2 is 2.17 bits per heavy atom. The number of rotatable bonds is 3.